The number of rotatable bonds is 6. The minimum absolute atomic E-state index is 0.0559. The summed E-state index contributed by atoms with van der Waals surface area (Å²) in [6.07, 6.45) is 1.65. The summed E-state index contributed by atoms with van der Waals surface area (Å²) in [6.45, 7) is 0. The number of nitrogens with zero attached hydrogens (tertiary/aromatic N) is 1. The van der Waals surface area contributed by atoms with Gasteiger partial charge in [0.05, 0.1) is 6.21 Å². The topological polar surface area (TPSA) is 70.6 Å². The molecule has 2 N–H and O–H groups in total. The lowest BCUT2D eigenvalue weighted by molar-refractivity contribution is -0.124. The molecule has 7 heteroatoms. The molecule has 2 aromatic carbocycles. The zero-order valence-electron chi connectivity index (χ0n) is 12.6. The largest absolute Gasteiger partial charge is 0.326 e. The Morgan fingerprint density at radius 3 is 2.29 bits per heavy atom. The van der Waals surface area contributed by atoms with Gasteiger partial charge in [0.15, 0.2) is 0 Å². The first-order valence-corrected chi connectivity index (χ1v) is 8.33. The normalized spacial score (nSPS) is 10.6. The molecule has 0 unspecified atom stereocenters. The van der Waals surface area contributed by atoms with Crippen LogP contribution < -0.4 is 10.7 Å². The van der Waals surface area contributed by atoms with E-state index < -0.39 is 0 Å². The van der Waals surface area contributed by atoms with Gasteiger partial charge in [0.2, 0.25) is 11.8 Å². The van der Waals surface area contributed by atoms with Crippen molar-refractivity contribution in [3.05, 3.63) is 63.6 Å². The van der Waals surface area contributed by atoms with Gasteiger partial charge in [-0.3, -0.25) is 9.59 Å². The Hall–Kier alpha value is -2.18. The molecule has 0 aliphatic carbocycles. The van der Waals surface area contributed by atoms with Crippen molar-refractivity contribution in [3.8, 4) is 0 Å². The number of carbonyl (C=O) groups excluding carboxylic acids is 2. The summed E-state index contributed by atoms with van der Waals surface area (Å²) >= 11 is 9.10. The number of carbonyl (C=O) groups is 2. The summed E-state index contributed by atoms with van der Waals surface area (Å²) < 4.78 is 0.929. The first kappa shape index (κ1) is 18.2. The Morgan fingerprint density at radius 2 is 1.62 bits per heavy atom. The van der Waals surface area contributed by atoms with Crippen molar-refractivity contribution >= 4 is 51.2 Å². The molecule has 0 radical (unpaired) electrons. The third kappa shape index (κ3) is 6.52. The van der Waals surface area contributed by atoms with Crippen LogP contribution in [-0.2, 0) is 9.59 Å². The predicted octanol–water partition coefficient (Wildman–Crippen LogP) is 3.97. The summed E-state index contributed by atoms with van der Waals surface area (Å²) in [5.41, 5.74) is 3.88. The van der Waals surface area contributed by atoms with E-state index in [1.54, 1.807) is 36.4 Å². The van der Waals surface area contributed by atoms with Gasteiger partial charge in [0, 0.05) is 28.0 Å². The molecule has 2 amide bonds. The Balaban J connectivity index is 1.71. The molecular weight excluding hydrogens is 394 g/mol. The number of benzene rings is 2. The fourth-order valence-electron chi connectivity index (χ4n) is 1.77. The fraction of sp³-hybridized carbons (Fsp3) is 0.118. The minimum Gasteiger partial charge on any atom is -0.326 e. The maximum atomic E-state index is 11.8. The van der Waals surface area contributed by atoms with Gasteiger partial charge in [-0.25, -0.2) is 5.43 Å². The van der Waals surface area contributed by atoms with Gasteiger partial charge in [-0.05, 0) is 42.0 Å². The highest BCUT2D eigenvalue weighted by molar-refractivity contribution is 9.10. The molecule has 0 atom stereocenters. The van der Waals surface area contributed by atoms with Crippen molar-refractivity contribution in [2.24, 2.45) is 5.10 Å². The van der Waals surface area contributed by atoms with E-state index in [2.05, 4.69) is 31.8 Å². The Kier molecular flexibility index (Phi) is 6.96. The van der Waals surface area contributed by atoms with E-state index in [9.17, 15) is 9.59 Å². The quantitative estimate of drug-likeness (QED) is 0.561. The van der Waals surface area contributed by atoms with Gasteiger partial charge in [-0.1, -0.05) is 39.7 Å². The van der Waals surface area contributed by atoms with Crippen LogP contribution in [0.25, 0.3) is 0 Å². The molecule has 0 saturated carbocycles. The van der Waals surface area contributed by atoms with E-state index in [0.717, 1.165) is 10.0 Å². The Morgan fingerprint density at radius 1 is 1.00 bits per heavy atom. The molecule has 2 rings (SSSR count). The van der Waals surface area contributed by atoms with Crippen molar-refractivity contribution < 1.29 is 9.59 Å². The molecule has 0 saturated heterocycles. The van der Waals surface area contributed by atoms with Crippen LogP contribution in [0, 0.1) is 0 Å². The summed E-state index contributed by atoms with van der Waals surface area (Å²) in [6, 6.07) is 14.2. The van der Waals surface area contributed by atoms with Crippen LogP contribution in [0.2, 0.25) is 5.02 Å². The lowest BCUT2D eigenvalue weighted by Gasteiger charge is -2.04. The fourth-order valence-corrected chi connectivity index (χ4v) is 2.16. The molecule has 24 heavy (non-hydrogen) atoms. The zero-order valence-corrected chi connectivity index (χ0v) is 15.0. The molecule has 0 aliphatic heterocycles. The Labute approximate surface area is 153 Å². The van der Waals surface area contributed by atoms with Gasteiger partial charge < -0.3 is 5.32 Å². The van der Waals surface area contributed by atoms with Crippen LogP contribution in [-0.4, -0.2) is 18.0 Å². The summed E-state index contributed by atoms with van der Waals surface area (Å²) in [5.74, 6) is -0.555. The van der Waals surface area contributed by atoms with Crippen LogP contribution in [0.15, 0.2) is 58.1 Å². The number of amides is 2. The molecule has 2 aromatic rings. The molecule has 0 spiro atoms. The van der Waals surface area contributed by atoms with E-state index >= 15 is 0 Å². The van der Waals surface area contributed by atoms with Crippen LogP contribution in [0.1, 0.15) is 18.4 Å². The second-order valence-corrected chi connectivity index (χ2v) is 6.25. The number of nitrogens with one attached hydrogen (secondary N) is 2. The highest BCUT2D eigenvalue weighted by Gasteiger charge is 2.06. The van der Waals surface area contributed by atoms with Gasteiger partial charge in [-0.2, -0.15) is 5.10 Å². The minimum atomic E-state index is -0.328. The number of hydrazone groups is 1. The van der Waals surface area contributed by atoms with Crippen LogP contribution in [0.4, 0.5) is 5.69 Å². The SMILES string of the molecule is O=C(CCC(=O)Nc1ccc(Br)cc1)NN=Cc1ccc(Cl)cc1. The summed E-state index contributed by atoms with van der Waals surface area (Å²) in [5, 5.41) is 7.19. The van der Waals surface area contributed by atoms with Crippen LogP contribution >= 0.6 is 27.5 Å². The molecule has 5 nitrogen and oxygen atoms in total. The first-order chi connectivity index (χ1) is 11.5. The van der Waals surface area contributed by atoms with Gasteiger partial charge in [0.25, 0.3) is 0 Å². The highest BCUT2D eigenvalue weighted by atomic mass is 79.9. The van der Waals surface area contributed by atoms with E-state index in [4.69, 9.17) is 11.6 Å². The van der Waals surface area contributed by atoms with Crippen molar-refractivity contribution in [3.63, 3.8) is 0 Å². The second-order valence-electron chi connectivity index (χ2n) is 4.90. The maximum Gasteiger partial charge on any atom is 0.240 e. The molecule has 124 valence electrons. The highest BCUT2D eigenvalue weighted by Crippen LogP contribution is 2.14. The number of halogens is 2. The third-order valence-corrected chi connectivity index (χ3v) is 3.76. The van der Waals surface area contributed by atoms with E-state index in [-0.39, 0.29) is 24.7 Å². The third-order valence-electron chi connectivity index (χ3n) is 2.98. The van der Waals surface area contributed by atoms with Crippen molar-refractivity contribution in [2.75, 3.05) is 5.32 Å². The monoisotopic (exact) mass is 407 g/mol. The lowest BCUT2D eigenvalue weighted by Crippen LogP contribution is -2.20. The number of anilines is 1. The molecule has 0 aliphatic rings. The van der Waals surface area contributed by atoms with Crippen LogP contribution in [0.5, 0.6) is 0 Å². The maximum absolute atomic E-state index is 11.8. The second kappa shape index (κ2) is 9.20. The average molecular weight is 409 g/mol. The predicted molar refractivity (Wildman–Crippen MR) is 99.2 cm³/mol. The van der Waals surface area contributed by atoms with Crippen molar-refractivity contribution in [1.82, 2.24) is 5.43 Å². The van der Waals surface area contributed by atoms with Gasteiger partial charge in [0.1, 0.15) is 0 Å². The molecule has 0 heterocycles. The van der Waals surface area contributed by atoms with Gasteiger partial charge >= 0.3 is 0 Å². The van der Waals surface area contributed by atoms with E-state index in [1.165, 1.54) is 6.21 Å². The number of hydrogen-bond donors (Lipinski definition) is 2. The summed E-state index contributed by atoms with van der Waals surface area (Å²) in [7, 11) is 0. The molecule has 0 aromatic heterocycles. The summed E-state index contributed by atoms with van der Waals surface area (Å²) in [4.78, 5) is 23.4. The lowest BCUT2D eigenvalue weighted by atomic mass is 10.2. The van der Waals surface area contributed by atoms with E-state index in [1.807, 2.05) is 12.1 Å². The van der Waals surface area contributed by atoms with Crippen molar-refractivity contribution in [1.29, 1.82) is 0 Å². The smallest absolute Gasteiger partial charge is 0.240 e. The zero-order chi connectivity index (χ0) is 17.4. The van der Waals surface area contributed by atoms with Crippen LogP contribution in [0.3, 0.4) is 0 Å². The first-order valence-electron chi connectivity index (χ1n) is 7.16. The van der Waals surface area contributed by atoms with Gasteiger partial charge in [-0.15, -0.1) is 0 Å². The van der Waals surface area contributed by atoms with Crippen molar-refractivity contribution in [2.45, 2.75) is 12.8 Å². The average Bonchev–Trinajstić information content (AvgIpc) is 2.57. The molecule has 0 bridgehead atoms. The van der Waals surface area contributed by atoms with E-state index in [0.29, 0.717) is 10.7 Å². The molecular formula is C17H15BrClN3O2. The standard InChI is InChI=1S/C17H15BrClN3O2/c18-13-3-7-15(8-4-13)21-16(23)9-10-17(24)22-20-11-12-1-5-14(19)6-2-12/h1-8,11H,9-10H2,(H,21,23)(H,22,24). The number of hydrogen-bond acceptors (Lipinski definition) is 3. The molecule has 0 fully saturated rings. The Bertz CT molecular complexity index is 731.